The van der Waals surface area contributed by atoms with Gasteiger partial charge in [0.25, 0.3) is 17.1 Å². The van der Waals surface area contributed by atoms with E-state index in [2.05, 4.69) is 0 Å². The van der Waals surface area contributed by atoms with Gasteiger partial charge in [-0.15, -0.1) is 0 Å². The predicted molar refractivity (Wildman–Crippen MR) is 74.6 cm³/mol. The molecule has 102 valence electrons. The zero-order chi connectivity index (χ0) is 14.3. The number of carbonyl (C=O) groups excluding carboxylic acids is 3. The number of carbonyl (C=O) groups is 3. The van der Waals surface area contributed by atoms with Crippen molar-refractivity contribution in [3.8, 4) is 0 Å². The first kappa shape index (κ1) is 13.1. The number of amides is 2. The van der Waals surface area contributed by atoms with Crippen molar-refractivity contribution in [2.75, 3.05) is 4.90 Å². The SMILES string of the molecule is O=C(Cl)c1ccc(N2C(=O)C3=C(CCCC3)C2=O)cc1. The molecule has 5 heteroatoms. The van der Waals surface area contributed by atoms with Gasteiger partial charge in [-0.05, 0) is 61.5 Å². The highest BCUT2D eigenvalue weighted by atomic mass is 35.5. The summed E-state index contributed by atoms with van der Waals surface area (Å²) >= 11 is 5.38. The van der Waals surface area contributed by atoms with Crippen LogP contribution < -0.4 is 4.90 Å². The van der Waals surface area contributed by atoms with Crippen molar-refractivity contribution in [3.63, 3.8) is 0 Å². The molecular weight excluding hydrogens is 278 g/mol. The van der Waals surface area contributed by atoms with E-state index in [4.69, 9.17) is 11.6 Å². The van der Waals surface area contributed by atoms with Crippen LogP contribution >= 0.6 is 11.6 Å². The highest BCUT2D eigenvalue weighted by molar-refractivity contribution is 6.67. The second-order valence-electron chi connectivity index (χ2n) is 4.93. The normalized spacial score (nSPS) is 18.6. The summed E-state index contributed by atoms with van der Waals surface area (Å²) in [5.74, 6) is -0.454. The van der Waals surface area contributed by atoms with Crippen molar-refractivity contribution in [2.45, 2.75) is 25.7 Å². The van der Waals surface area contributed by atoms with Crippen LogP contribution in [0.25, 0.3) is 0 Å². The monoisotopic (exact) mass is 289 g/mol. The third kappa shape index (κ3) is 1.96. The van der Waals surface area contributed by atoms with Gasteiger partial charge in [-0.1, -0.05) is 0 Å². The van der Waals surface area contributed by atoms with Crippen LogP contribution in [0.2, 0.25) is 0 Å². The van der Waals surface area contributed by atoms with Crippen LogP contribution in [0.5, 0.6) is 0 Å². The molecule has 0 saturated carbocycles. The average Bonchev–Trinajstić information content (AvgIpc) is 2.72. The minimum Gasteiger partial charge on any atom is -0.276 e. The molecule has 0 saturated heterocycles. The summed E-state index contributed by atoms with van der Waals surface area (Å²) in [6, 6.07) is 6.18. The Labute approximate surface area is 121 Å². The molecule has 0 atom stereocenters. The second kappa shape index (κ2) is 4.87. The molecular formula is C15H12ClNO3. The lowest BCUT2D eigenvalue weighted by molar-refractivity contribution is -0.120. The summed E-state index contributed by atoms with van der Waals surface area (Å²) in [4.78, 5) is 36.9. The fraction of sp³-hybridized carbons (Fsp3) is 0.267. The Hall–Kier alpha value is -1.94. The predicted octanol–water partition coefficient (Wildman–Crippen LogP) is 2.81. The maximum atomic E-state index is 12.3. The van der Waals surface area contributed by atoms with Crippen LogP contribution in [0.3, 0.4) is 0 Å². The molecule has 1 aliphatic heterocycles. The first-order valence-corrected chi connectivity index (χ1v) is 6.88. The summed E-state index contributed by atoms with van der Waals surface area (Å²) in [6.45, 7) is 0. The smallest absolute Gasteiger partial charge is 0.261 e. The van der Waals surface area contributed by atoms with E-state index in [9.17, 15) is 14.4 Å². The van der Waals surface area contributed by atoms with Gasteiger partial charge in [0.15, 0.2) is 0 Å². The van der Waals surface area contributed by atoms with Gasteiger partial charge in [0, 0.05) is 16.7 Å². The molecule has 0 bridgehead atoms. The number of hydrogen-bond acceptors (Lipinski definition) is 3. The maximum absolute atomic E-state index is 12.3. The van der Waals surface area contributed by atoms with Gasteiger partial charge in [0.05, 0.1) is 5.69 Å². The topological polar surface area (TPSA) is 54.5 Å². The molecule has 20 heavy (non-hydrogen) atoms. The van der Waals surface area contributed by atoms with Crippen molar-refractivity contribution >= 4 is 34.3 Å². The molecule has 0 spiro atoms. The Bertz CT molecular complexity index is 618. The van der Waals surface area contributed by atoms with Gasteiger partial charge in [0.2, 0.25) is 0 Å². The number of nitrogens with zero attached hydrogens (tertiary/aromatic N) is 1. The van der Waals surface area contributed by atoms with Crippen molar-refractivity contribution in [1.82, 2.24) is 0 Å². The van der Waals surface area contributed by atoms with Crippen LogP contribution in [0, 0.1) is 0 Å². The van der Waals surface area contributed by atoms with Gasteiger partial charge in [0.1, 0.15) is 0 Å². The van der Waals surface area contributed by atoms with Gasteiger partial charge in [-0.25, -0.2) is 4.90 Å². The van der Waals surface area contributed by atoms with Crippen molar-refractivity contribution in [2.24, 2.45) is 0 Å². The quantitative estimate of drug-likeness (QED) is 0.621. The van der Waals surface area contributed by atoms with Crippen LogP contribution in [-0.4, -0.2) is 17.1 Å². The molecule has 4 nitrogen and oxygen atoms in total. The fourth-order valence-corrected chi connectivity index (χ4v) is 2.84. The highest BCUT2D eigenvalue weighted by Gasteiger charge is 2.39. The van der Waals surface area contributed by atoms with E-state index in [1.807, 2.05) is 0 Å². The lowest BCUT2D eigenvalue weighted by Gasteiger charge is -2.15. The number of halogens is 1. The zero-order valence-electron chi connectivity index (χ0n) is 10.7. The van der Waals surface area contributed by atoms with Gasteiger partial charge in [-0.2, -0.15) is 0 Å². The Morgan fingerprint density at radius 1 is 0.950 bits per heavy atom. The van der Waals surface area contributed by atoms with Crippen LogP contribution in [0.15, 0.2) is 35.4 Å². The lowest BCUT2D eigenvalue weighted by atomic mass is 9.93. The number of hydrogen-bond donors (Lipinski definition) is 0. The third-order valence-electron chi connectivity index (χ3n) is 3.74. The molecule has 0 aromatic heterocycles. The summed E-state index contributed by atoms with van der Waals surface area (Å²) in [7, 11) is 0. The Kier molecular flexibility index (Phi) is 3.18. The maximum Gasteiger partial charge on any atom is 0.261 e. The number of anilines is 1. The molecule has 0 fully saturated rings. The molecule has 2 aliphatic rings. The molecule has 1 aromatic rings. The van der Waals surface area contributed by atoms with E-state index in [1.165, 1.54) is 17.0 Å². The first-order chi connectivity index (χ1) is 9.59. The van der Waals surface area contributed by atoms with E-state index >= 15 is 0 Å². The Balaban J connectivity index is 1.94. The molecule has 0 radical (unpaired) electrons. The average molecular weight is 290 g/mol. The lowest BCUT2D eigenvalue weighted by Crippen LogP contribution is -2.31. The largest absolute Gasteiger partial charge is 0.276 e. The van der Waals surface area contributed by atoms with Crippen molar-refractivity contribution < 1.29 is 14.4 Å². The van der Waals surface area contributed by atoms with Crippen molar-refractivity contribution in [3.05, 3.63) is 41.0 Å². The van der Waals surface area contributed by atoms with Crippen LogP contribution in [0.1, 0.15) is 36.0 Å². The van der Waals surface area contributed by atoms with Gasteiger partial charge < -0.3 is 0 Å². The van der Waals surface area contributed by atoms with Gasteiger partial charge >= 0.3 is 0 Å². The summed E-state index contributed by atoms with van der Waals surface area (Å²) < 4.78 is 0. The highest BCUT2D eigenvalue weighted by Crippen LogP contribution is 2.35. The van der Waals surface area contributed by atoms with E-state index in [0.717, 1.165) is 12.8 Å². The Morgan fingerprint density at radius 2 is 1.45 bits per heavy atom. The minimum absolute atomic E-state index is 0.227. The van der Waals surface area contributed by atoms with Crippen molar-refractivity contribution in [1.29, 1.82) is 0 Å². The van der Waals surface area contributed by atoms with Crippen LogP contribution in [0.4, 0.5) is 5.69 Å². The summed E-state index contributed by atoms with van der Waals surface area (Å²) in [5, 5.41) is -0.562. The molecule has 3 rings (SSSR count). The second-order valence-corrected chi connectivity index (χ2v) is 5.27. The number of benzene rings is 1. The molecule has 0 N–H and O–H groups in total. The van der Waals surface area contributed by atoms with E-state index in [1.54, 1.807) is 12.1 Å². The summed E-state index contributed by atoms with van der Waals surface area (Å²) in [6.07, 6.45) is 3.25. The minimum atomic E-state index is -0.562. The van der Waals surface area contributed by atoms with E-state index in [0.29, 0.717) is 35.2 Å². The summed E-state index contributed by atoms with van der Waals surface area (Å²) in [5.41, 5.74) is 2.13. The van der Waals surface area contributed by atoms with E-state index in [-0.39, 0.29) is 11.8 Å². The number of imide groups is 1. The number of rotatable bonds is 2. The molecule has 1 heterocycles. The standard InChI is InChI=1S/C15H12ClNO3/c16-13(18)9-5-7-10(8-6-9)17-14(19)11-3-1-2-4-12(11)15(17)20/h5-8H,1-4H2. The Morgan fingerprint density at radius 3 is 1.90 bits per heavy atom. The van der Waals surface area contributed by atoms with Crippen LogP contribution in [-0.2, 0) is 9.59 Å². The molecule has 2 amide bonds. The molecule has 1 aromatic carbocycles. The molecule has 0 unspecified atom stereocenters. The molecule has 1 aliphatic carbocycles. The zero-order valence-corrected chi connectivity index (χ0v) is 11.4. The first-order valence-electron chi connectivity index (χ1n) is 6.50. The third-order valence-corrected chi connectivity index (χ3v) is 3.96. The van der Waals surface area contributed by atoms with E-state index < -0.39 is 5.24 Å². The fourth-order valence-electron chi connectivity index (χ4n) is 2.72. The van der Waals surface area contributed by atoms with Gasteiger partial charge in [-0.3, -0.25) is 14.4 Å².